The Morgan fingerprint density at radius 1 is 1.12 bits per heavy atom. The number of amides is 2. The Balaban J connectivity index is 2.68. The second-order valence-electron chi connectivity index (χ2n) is 4.13. The number of benzene rings is 1. The second kappa shape index (κ2) is 4.79. The molecule has 86 valence electrons. The fourth-order valence-corrected chi connectivity index (χ4v) is 1.31. The zero-order chi connectivity index (χ0) is 12.2. The third-order valence-corrected chi connectivity index (χ3v) is 2.09. The predicted octanol–water partition coefficient (Wildman–Crippen LogP) is 1.54. The molecular formula is C12H16N2O2. The van der Waals surface area contributed by atoms with Gasteiger partial charge >= 0.3 is 0 Å². The number of hydrogen-bond acceptors (Lipinski definition) is 2. The summed E-state index contributed by atoms with van der Waals surface area (Å²) in [7, 11) is 0. The lowest BCUT2D eigenvalue weighted by atomic mass is 10.0. The third kappa shape index (κ3) is 3.38. The van der Waals surface area contributed by atoms with Gasteiger partial charge in [-0.15, -0.1) is 0 Å². The molecule has 2 amide bonds. The van der Waals surface area contributed by atoms with Crippen LogP contribution in [0.2, 0.25) is 0 Å². The molecule has 0 saturated heterocycles. The highest BCUT2D eigenvalue weighted by atomic mass is 16.2. The van der Waals surface area contributed by atoms with Gasteiger partial charge in [-0.3, -0.25) is 9.59 Å². The van der Waals surface area contributed by atoms with Gasteiger partial charge < -0.3 is 10.6 Å². The highest BCUT2D eigenvalue weighted by Gasteiger charge is 2.28. The van der Waals surface area contributed by atoms with E-state index >= 15 is 0 Å². The summed E-state index contributed by atoms with van der Waals surface area (Å²) in [4.78, 5) is 22.8. The van der Waals surface area contributed by atoms with E-state index < -0.39 is 5.54 Å². The summed E-state index contributed by atoms with van der Waals surface area (Å²) in [6, 6.07) is 9.13. The van der Waals surface area contributed by atoms with Crippen molar-refractivity contribution in [3.05, 3.63) is 30.3 Å². The number of para-hydroxylation sites is 1. The smallest absolute Gasteiger partial charge is 0.249 e. The average molecular weight is 220 g/mol. The van der Waals surface area contributed by atoms with Crippen molar-refractivity contribution in [1.82, 2.24) is 5.32 Å². The van der Waals surface area contributed by atoms with Gasteiger partial charge in [-0.05, 0) is 26.0 Å². The van der Waals surface area contributed by atoms with Gasteiger partial charge in [0.25, 0.3) is 0 Å². The van der Waals surface area contributed by atoms with E-state index in [0.717, 1.165) is 0 Å². The summed E-state index contributed by atoms with van der Waals surface area (Å²) in [6.45, 7) is 4.71. The largest absolute Gasteiger partial charge is 0.342 e. The van der Waals surface area contributed by atoms with Gasteiger partial charge in [-0.1, -0.05) is 18.2 Å². The van der Waals surface area contributed by atoms with E-state index in [1.54, 1.807) is 26.0 Å². The molecular weight excluding hydrogens is 204 g/mol. The highest BCUT2D eigenvalue weighted by Crippen LogP contribution is 2.10. The lowest BCUT2D eigenvalue weighted by Gasteiger charge is -2.24. The Morgan fingerprint density at radius 2 is 1.69 bits per heavy atom. The molecule has 16 heavy (non-hydrogen) atoms. The zero-order valence-electron chi connectivity index (χ0n) is 9.70. The minimum atomic E-state index is -0.915. The monoisotopic (exact) mass is 220 g/mol. The molecule has 0 heterocycles. The van der Waals surface area contributed by atoms with Gasteiger partial charge in [0.2, 0.25) is 11.8 Å². The molecule has 0 unspecified atom stereocenters. The van der Waals surface area contributed by atoms with Crippen molar-refractivity contribution in [1.29, 1.82) is 0 Å². The van der Waals surface area contributed by atoms with Crippen LogP contribution in [0, 0.1) is 0 Å². The van der Waals surface area contributed by atoms with Gasteiger partial charge in [0, 0.05) is 12.6 Å². The molecule has 0 aliphatic carbocycles. The van der Waals surface area contributed by atoms with Crippen LogP contribution >= 0.6 is 0 Å². The van der Waals surface area contributed by atoms with Crippen molar-refractivity contribution in [2.75, 3.05) is 5.32 Å². The van der Waals surface area contributed by atoms with E-state index in [1.165, 1.54) is 6.92 Å². The molecule has 0 atom stereocenters. The maximum atomic E-state index is 11.8. The minimum absolute atomic E-state index is 0.229. The van der Waals surface area contributed by atoms with Crippen LogP contribution in [0.4, 0.5) is 5.69 Å². The molecule has 0 aliphatic heterocycles. The summed E-state index contributed by atoms with van der Waals surface area (Å²) in [5.41, 5.74) is -0.201. The maximum Gasteiger partial charge on any atom is 0.249 e. The number of anilines is 1. The summed E-state index contributed by atoms with van der Waals surface area (Å²) in [6.07, 6.45) is 0. The molecule has 4 heteroatoms. The molecule has 0 radical (unpaired) electrons. The van der Waals surface area contributed by atoms with E-state index in [-0.39, 0.29) is 11.8 Å². The summed E-state index contributed by atoms with van der Waals surface area (Å²) < 4.78 is 0. The number of carbonyl (C=O) groups excluding carboxylic acids is 2. The van der Waals surface area contributed by atoms with Gasteiger partial charge in [-0.25, -0.2) is 0 Å². The molecule has 0 aliphatic rings. The zero-order valence-corrected chi connectivity index (χ0v) is 9.70. The Kier molecular flexibility index (Phi) is 3.66. The van der Waals surface area contributed by atoms with Crippen LogP contribution < -0.4 is 10.6 Å². The SMILES string of the molecule is CC(=O)NC(C)(C)C(=O)Nc1ccccc1. The molecule has 0 aromatic heterocycles. The van der Waals surface area contributed by atoms with Gasteiger partial charge in [0.1, 0.15) is 5.54 Å². The first-order valence-electron chi connectivity index (χ1n) is 5.07. The number of nitrogens with one attached hydrogen (secondary N) is 2. The van der Waals surface area contributed by atoms with E-state index in [4.69, 9.17) is 0 Å². The van der Waals surface area contributed by atoms with Gasteiger partial charge in [0.15, 0.2) is 0 Å². The Morgan fingerprint density at radius 3 is 2.19 bits per heavy atom. The normalized spacial score (nSPS) is 10.7. The van der Waals surface area contributed by atoms with Crippen LogP contribution in [-0.2, 0) is 9.59 Å². The number of hydrogen-bond donors (Lipinski definition) is 2. The molecule has 0 spiro atoms. The molecule has 1 rings (SSSR count). The van der Waals surface area contributed by atoms with E-state index in [9.17, 15) is 9.59 Å². The van der Waals surface area contributed by atoms with Crippen LogP contribution in [0.1, 0.15) is 20.8 Å². The van der Waals surface area contributed by atoms with E-state index in [0.29, 0.717) is 5.69 Å². The van der Waals surface area contributed by atoms with Crippen molar-refractivity contribution in [3.8, 4) is 0 Å². The number of carbonyl (C=O) groups is 2. The van der Waals surface area contributed by atoms with Gasteiger partial charge in [0.05, 0.1) is 0 Å². The molecule has 0 saturated carbocycles. The Labute approximate surface area is 95.0 Å². The molecule has 0 bridgehead atoms. The fraction of sp³-hybridized carbons (Fsp3) is 0.333. The molecule has 0 fully saturated rings. The quantitative estimate of drug-likeness (QED) is 0.811. The van der Waals surface area contributed by atoms with Crippen LogP contribution in [0.3, 0.4) is 0 Å². The second-order valence-corrected chi connectivity index (χ2v) is 4.13. The summed E-state index contributed by atoms with van der Waals surface area (Å²) in [5.74, 6) is -0.470. The van der Waals surface area contributed by atoms with Crippen LogP contribution in [0.5, 0.6) is 0 Å². The lowest BCUT2D eigenvalue weighted by molar-refractivity contribution is -0.128. The molecule has 1 aromatic rings. The maximum absolute atomic E-state index is 11.8. The van der Waals surface area contributed by atoms with E-state index in [2.05, 4.69) is 10.6 Å². The topological polar surface area (TPSA) is 58.2 Å². The predicted molar refractivity (Wildman–Crippen MR) is 63.0 cm³/mol. The minimum Gasteiger partial charge on any atom is -0.342 e. The molecule has 4 nitrogen and oxygen atoms in total. The Hall–Kier alpha value is -1.84. The first kappa shape index (κ1) is 12.2. The van der Waals surface area contributed by atoms with E-state index in [1.807, 2.05) is 18.2 Å². The van der Waals surface area contributed by atoms with Crippen LogP contribution in [0.15, 0.2) is 30.3 Å². The first-order chi connectivity index (χ1) is 7.42. The standard InChI is InChI=1S/C12H16N2O2/c1-9(15)14-12(2,3)11(16)13-10-7-5-4-6-8-10/h4-8H,1-3H3,(H,13,16)(H,14,15). The van der Waals surface area contributed by atoms with Crippen molar-refractivity contribution in [2.24, 2.45) is 0 Å². The van der Waals surface area contributed by atoms with Crippen molar-refractivity contribution < 1.29 is 9.59 Å². The lowest BCUT2D eigenvalue weighted by Crippen LogP contribution is -2.51. The fourth-order valence-electron chi connectivity index (χ4n) is 1.31. The van der Waals surface area contributed by atoms with Crippen LogP contribution in [-0.4, -0.2) is 17.4 Å². The highest BCUT2D eigenvalue weighted by molar-refractivity contribution is 5.99. The van der Waals surface area contributed by atoms with Crippen molar-refractivity contribution in [3.63, 3.8) is 0 Å². The average Bonchev–Trinajstić information content (AvgIpc) is 2.17. The first-order valence-corrected chi connectivity index (χ1v) is 5.07. The molecule has 1 aromatic carbocycles. The van der Waals surface area contributed by atoms with Crippen LogP contribution in [0.25, 0.3) is 0 Å². The molecule has 2 N–H and O–H groups in total. The van der Waals surface area contributed by atoms with Gasteiger partial charge in [-0.2, -0.15) is 0 Å². The number of rotatable bonds is 3. The van der Waals surface area contributed by atoms with Crippen molar-refractivity contribution in [2.45, 2.75) is 26.3 Å². The van der Waals surface area contributed by atoms with Crippen molar-refractivity contribution >= 4 is 17.5 Å². The summed E-state index contributed by atoms with van der Waals surface area (Å²) in [5, 5.41) is 5.32. The third-order valence-electron chi connectivity index (χ3n) is 2.09. The summed E-state index contributed by atoms with van der Waals surface area (Å²) >= 11 is 0. The Bertz CT molecular complexity index is 385.